The zero-order chi connectivity index (χ0) is 9.90. The van der Waals surface area contributed by atoms with E-state index < -0.39 is 0 Å². The predicted molar refractivity (Wildman–Crippen MR) is 59.2 cm³/mol. The molecule has 0 nitrogen and oxygen atoms in total. The quantitative estimate of drug-likeness (QED) is 0.614. The van der Waals surface area contributed by atoms with Crippen LogP contribution in [0.3, 0.4) is 0 Å². The number of rotatable bonds is 3. The second kappa shape index (κ2) is 4.00. The van der Waals surface area contributed by atoms with Crippen LogP contribution in [0.4, 0.5) is 0 Å². The zero-order valence-corrected chi connectivity index (χ0v) is 8.80. The summed E-state index contributed by atoms with van der Waals surface area (Å²) in [4.78, 5) is 0. The van der Waals surface area contributed by atoms with Gasteiger partial charge in [-0.1, -0.05) is 51.5 Å². The van der Waals surface area contributed by atoms with Crippen LogP contribution in [0, 0.1) is 0 Å². The summed E-state index contributed by atoms with van der Waals surface area (Å²) in [5, 5.41) is -0.174. The molecule has 0 amide bonds. The van der Waals surface area contributed by atoms with Crippen molar-refractivity contribution in [1.29, 1.82) is 0 Å². The third-order valence-electron chi connectivity index (χ3n) is 2.75. The molecule has 1 aromatic rings. The molecule has 1 unspecified atom stereocenters. The Morgan fingerprint density at radius 2 is 1.85 bits per heavy atom. The molecule has 1 rings (SSSR count). The molecule has 0 bridgehead atoms. The van der Waals surface area contributed by atoms with Crippen LogP contribution in [-0.4, -0.2) is 7.85 Å². The van der Waals surface area contributed by atoms with Crippen molar-refractivity contribution in [2.45, 2.75) is 38.9 Å². The van der Waals surface area contributed by atoms with Crippen molar-refractivity contribution in [2.24, 2.45) is 0 Å². The molecular formula is C12H17B. The molecule has 0 N–H and O–H groups in total. The SMILES string of the molecule is [B]C(C)(CC)c1ccccc1CC. The summed E-state index contributed by atoms with van der Waals surface area (Å²) in [5.41, 5.74) is 2.66. The van der Waals surface area contributed by atoms with E-state index in [0.29, 0.717) is 0 Å². The summed E-state index contributed by atoms with van der Waals surface area (Å²) in [6.07, 6.45) is 2.03. The lowest BCUT2D eigenvalue weighted by molar-refractivity contribution is 0.641. The van der Waals surface area contributed by atoms with Crippen LogP contribution in [0.25, 0.3) is 0 Å². The van der Waals surface area contributed by atoms with Crippen molar-refractivity contribution in [3.8, 4) is 0 Å². The van der Waals surface area contributed by atoms with Gasteiger partial charge in [0.05, 0.1) is 7.85 Å². The maximum absolute atomic E-state index is 6.21. The highest BCUT2D eigenvalue weighted by molar-refractivity contribution is 6.15. The molecule has 0 fully saturated rings. The number of hydrogen-bond acceptors (Lipinski definition) is 0. The van der Waals surface area contributed by atoms with Crippen molar-refractivity contribution < 1.29 is 0 Å². The number of hydrogen-bond donors (Lipinski definition) is 0. The van der Waals surface area contributed by atoms with Gasteiger partial charge in [0, 0.05) is 0 Å². The van der Waals surface area contributed by atoms with Gasteiger partial charge in [-0.2, -0.15) is 0 Å². The number of benzene rings is 1. The van der Waals surface area contributed by atoms with Crippen LogP contribution >= 0.6 is 0 Å². The van der Waals surface area contributed by atoms with Gasteiger partial charge >= 0.3 is 0 Å². The predicted octanol–water partition coefficient (Wildman–Crippen LogP) is 3.04. The average molecular weight is 172 g/mol. The first kappa shape index (κ1) is 10.4. The highest BCUT2D eigenvalue weighted by Crippen LogP contribution is 2.26. The van der Waals surface area contributed by atoms with Gasteiger partial charge in [0.1, 0.15) is 0 Å². The van der Waals surface area contributed by atoms with E-state index in [4.69, 9.17) is 7.85 Å². The lowest BCUT2D eigenvalue weighted by Crippen LogP contribution is -2.22. The summed E-state index contributed by atoms with van der Waals surface area (Å²) >= 11 is 0. The minimum absolute atomic E-state index is 0.174. The summed E-state index contributed by atoms with van der Waals surface area (Å²) in [5.74, 6) is 0. The van der Waals surface area contributed by atoms with Crippen molar-refractivity contribution in [3.05, 3.63) is 35.4 Å². The second-order valence-corrected chi connectivity index (χ2v) is 3.78. The number of aryl methyl sites for hydroxylation is 1. The van der Waals surface area contributed by atoms with E-state index in [1.54, 1.807) is 0 Å². The second-order valence-electron chi connectivity index (χ2n) is 3.78. The highest BCUT2D eigenvalue weighted by atomic mass is 14.2. The Bertz CT molecular complexity index is 276. The fraction of sp³-hybridized carbons (Fsp3) is 0.500. The first-order valence-corrected chi connectivity index (χ1v) is 4.99. The van der Waals surface area contributed by atoms with Crippen molar-refractivity contribution in [1.82, 2.24) is 0 Å². The van der Waals surface area contributed by atoms with Gasteiger partial charge < -0.3 is 0 Å². The first-order valence-electron chi connectivity index (χ1n) is 4.99. The minimum atomic E-state index is -0.174. The molecule has 0 heterocycles. The fourth-order valence-electron chi connectivity index (χ4n) is 1.58. The standard InChI is InChI=1S/C12H17B/c1-4-10-8-6-7-9-11(10)12(3,13)5-2/h6-9H,4-5H2,1-3H3. The van der Waals surface area contributed by atoms with Crippen LogP contribution in [0.1, 0.15) is 38.3 Å². The van der Waals surface area contributed by atoms with Gasteiger partial charge in [-0.15, -0.1) is 0 Å². The summed E-state index contributed by atoms with van der Waals surface area (Å²) < 4.78 is 0. The van der Waals surface area contributed by atoms with Crippen LogP contribution < -0.4 is 0 Å². The topological polar surface area (TPSA) is 0 Å². The molecule has 1 atom stereocenters. The summed E-state index contributed by atoms with van der Waals surface area (Å²) in [7, 11) is 6.21. The van der Waals surface area contributed by atoms with Crippen LogP contribution in [-0.2, 0) is 11.7 Å². The smallest absolute Gasteiger partial charge is 0.0653 e. The molecule has 0 spiro atoms. The zero-order valence-electron chi connectivity index (χ0n) is 8.80. The van der Waals surface area contributed by atoms with Crippen LogP contribution in [0.15, 0.2) is 24.3 Å². The maximum atomic E-state index is 6.21. The molecule has 1 heteroatoms. The van der Waals surface area contributed by atoms with E-state index in [1.165, 1.54) is 11.1 Å². The molecule has 0 saturated heterocycles. The summed E-state index contributed by atoms with van der Waals surface area (Å²) in [6, 6.07) is 8.45. The Morgan fingerprint density at radius 3 is 2.38 bits per heavy atom. The monoisotopic (exact) mass is 172 g/mol. The molecule has 0 aromatic heterocycles. The van der Waals surface area contributed by atoms with Gasteiger partial charge in [-0.05, 0) is 22.9 Å². The fourth-order valence-corrected chi connectivity index (χ4v) is 1.58. The maximum Gasteiger partial charge on any atom is 0.0806 e. The molecule has 2 radical (unpaired) electrons. The Hall–Kier alpha value is -0.715. The van der Waals surface area contributed by atoms with Gasteiger partial charge in [-0.25, -0.2) is 0 Å². The van der Waals surface area contributed by atoms with E-state index >= 15 is 0 Å². The average Bonchev–Trinajstić information content (AvgIpc) is 2.18. The van der Waals surface area contributed by atoms with Gasteiger partial charge in [0.15, 0.2) is 0 Å². The lowest BCUT2D eigenvalue weighted by Gasteiger charge is -2.26. The molecule has 0 saturated carbocycles. The third-order valence-corrected chi connectivity index (χ3v) is 2.75. The highest BCUT2D eigenvalue weighted by Gasteiger charge is 2.19. The molecule has 0 aliphatic rings. The molecule has 0 aliphatic heterocycles. The van der Waals surface area contributed by atoms with Crippen molar-refractivity contribution in [2.75, 3.05) is 0 Å². The van der Waals surface area contributed by atoms with Crippen molar-refractivity contribution >= 4 is 7.85 Å². The Labute approximate surface area is 82.8 Å². The van der Waals surface area contributed by atoms with Crippen molar-refractivity contribution in [3.63, 3.8) is 0 Å². The molecule has 13 heavy (non-hydrogen) atoms. The largest absolute Gasteiger partial charge is 0.0806 e. The van der Waals surface area contributed by atoms with E-state index in [1.807, 2.05) is 0 Å². The van der Waals surface area contributed by atoms with Gasteiger partial charge in [0.2, 0.25) is 0 Å². The van der Waals surface area contributed by atoms with Crippen LogP contribution in [0.5, 0.6) is 0 Å². The van der Waals surface area contributed by atoms with E-state index in [2.05, 4.69) is 45.0 Å². The Balaban J connectivity index is 3.12. The van der Waals surface area contributed by atoms with E-state index in [-0.39, 0.29) is 5.31 Å². The van der Waals surface area contributed by atoms with Gasteiger partial charge in [-0.3, -0.25) is 0 Å². The first-order chi connectivity index (χ1) is 6.11. The molecular weight excluding hydrogens is 155 g/mol. The summed E-state index contributed by atoms with van der Waals surface area (Å²) in [6.45, 7) is 6.40. The van der Waals surface area contributed by atoms with E-state index in [9.17, 15) is 0 Å². The van der Waals surface area contributed by atoms with Crippen LogP contribution in [0.2, 0.25) is 0 Å². The molecule has 0 aliphatic carbocycles. The lowest BCUT2D eigenvalue weighted by atomic mass is 9.63. The third kappa shape index (κ3) is 2.15. The normalized spacial score (nSPS) is 15.3. The Kier molecular flexibility index (Phi) is 3.19. The van der Waals surface area contributed by atoms with E-state index in [0.717, 1.165) is 12.8 Å². The van der Waals surface area contributed by atoms with Gasteiger partial charge in [0.25, 0.3) is 0 Å². The molecule has 68 valence electrons. The Morgan fingerprint density at radius 1 is 1.23 bits per heavy atom. The molecule has 1 aromatic carbocycles. The minimum Gasteiger partial charge on any atom is -0.0653 e.